The number of phenols is 6. The molecule has 0 aliphatic heterocycles. The van der Waals surface area contributed by atoms with Gasteiger partial charge in [-0.25, -0.2) is 0 Å². The van der Waals surface area contributed by atoms with Crippen molar-refractivity contribution in [2.24, 2.45) is 5.92 Å². The highest BCUT2D eigenvalue weighted by Gasteiger charge is 2.38. The molecule has 0 spiro atoms. The Morgan fingerprint density at radius 3 is 2.15 bits per heavy atom. The third-order valence-corrected chi connectivity index (χ3v) is 8.60. The first kappa shape index (κ1) is 30.1. The molecule has 234 valence electrons. The van der Waals surface area contributed by atoms with Crippen LogP contribution in [0.2, 0.25) is 0 Å². The first-order valence-electron chi connectivity index (χ1n) is 14.5. The second-order valence-electron chi connectivity index (χ2n) is 11.6. The Morgan fingerprint density at radius 1 is 0.761 bits per heavy atom. The number of aromatic hydroxyl groups is 7. The smallest absolute Gasteiger partial charge is 0.235 e. The number of carbonyl (C=O) groups is 1. The van der Waals surface area contributed by atoms with Gasteiger partial charge in [-0.15, -0.1) is 0 Å². The Kier molecular flexibility index (Phi) is 7.57. The van der Waals surface area contributed by atoms with Gasteiger partial charge in [0.15, 0.2) is 11.5 Å². The quantitative estimate of drug-likeness (QED) is 0.0812. The maximum atomic E-state index is 13.7. The molecular formula is C36H30O10. The summed E-state index contributed by atoms with van der Waals surface area (Å²) in [6.45, 7) is 1.88. The fourth-order valence-electron chi connectivity index (χ4n) is 6.43. The molecule has 10 heteroatoms. The molecule has 1 heterocycles. The van der Waals surface area contributed by atoms with Crippen LogP contribution in [0.1, 0.15) is 53.1 Å². The van der Waals surface area contributed by atoms with Crippen LogP contribution in [0.3, 0.4) is 0 Å². The van der Waals surface area contributed by atoms with Crippen molar-refractivity contribution in [2.45, 2.75) is 31.6 Å². The molecule has 7 N–H and O–H groups in total. The Morgan fingerprint density at radius 2 is 1.43 bits per heavy atom. The third-order valence-electron chi connectivity index (χ3n) is 8.60. The molecule has 0 saturated heterocycles. The summed E-state index contributed by atoms with van der Waals surface area (Å²) in [7, 11) is 0. The van der Waals surface area contributed by atoms with Gasteiger partial charge in [-0.05, 0) is 79.3 Å². The van der Waals surface area contributed by atoms with Gasteiger partial charge in [-0.1, -0.05) is 17.7 Å². The topological polar surface area (TPSA) is 189 Å². The fraction of sp³-hybridized carbons (Fsp3) is 0.167. The van der Waals surface area contributed by atoms with E-state index in [1.54, 1.807) is 12.1 Å². The van der Waals surface area contributed by atoms with Gasteiger partial charge in [0.05, 0.1) is 10.9 Å². The van der Waals surface area contributed by atoms with E-state index in [0.29, 0.717) is 17.5 Å². The average Bonchev–Trinajstić information content (AvgIpc) is 3.00. The maximum Gasteiger partial charge on any atom is 0.235 e. The van der Waals surface area contributed by atoms with E-state index in [0.717, 1.165) is 11.6 Å². The van der Waals surface area contributed by atoms with Crippen LogP contribution < -0.4 is 5.43 Å². The first-order valence-corrected chi connectivity index (χ1v) is 14.5. The van der Waals surface area contributed by atoms with Gasteiger partial charge in [0, 0.05) is 41.7 Å². The number of fused-ring (bicyclic) bond motifs is 1. The largest absolute Gasteiger partial charge is 0.508 e. The summed E-state index contributed by atoms with van der Waals surface area (Å²) in [5, 5.41) is 73.1. The van der Waals surface area contributed by atoms with E-state index in [1.165, 1.54) is 54.6 Å². The predicted octanol–water partition coefficient (Wildman–Crippen LogP) is 6.51. The molecule has 0 bridgehead atoms. The lowest BCUT2D eigenvalue weighted by molar-refractivity contribution is 0.0943. The number of hydrogen-bond acceptors (Lipinski definition) is 10. The van der Waals surface area contributed by atoms with Crippen LogP contribution in [0, 0.1) is 5.92 Å². The van der Waals surface area contributed by atoms with Crippen LogP contribution in [0.25, 0.3) is 22.3 Å². The summed E-state index contributed by atoms with van der Waals surface area (Å²) in [6.07, 6.45) is 2.17. The molecule has 6 rings (SSSR count). The van der Waals surface area contributed by atoms with Crippen molar-refractivity contribution in [3.05, 3.63) is 111 Å². The molecule has 10 nitrogen and oxygen atoms in total. The number of hydrogen-bond donors (Lipinski definition) is 7. The monoisotopic (exact) mass is 622 g/mol. The Balaban J connectivity index is 1.50. The highest BCUT2D eigenvalue weighted by molar-refractivity contribution is 5.99. The summed E-state index contributed by atoms with van der Waals surface area (Å²) in [5.41, 5.74) is 1.26. The van der Waals surface area contributed by atoms with Crippen molar-refractivity contribution in [3.63, 3.8) is 0 Å². The zero-order chi connectivity index (χ0) is 32.9. The number of phenolic OH excluding ortho intramolecular Hbond substituents is 6. The molecule has 1 aliphatic rings. The van der Waals surface area contributed by atoms with E-state index >= 15 is 0 Å². The fourth-order valence-corrected chi connectivity index (χ4v) is 6.43. The number of carbonyl (C=O) groups excluding carboxylic acids is 1. The van der Waals surface area contributed by atoms with Gasteiger partial charge in [0.1, 0.15) is 40.1 Å². The number of rotatable bonds is 6. The Bertz CT molecular complexity index is 2110. The minimum absolute atomic E-state index is 0.0133. The van der Waals surface area contributed by atoms with Gasteiger partial charge >= 0.3 is 0 Å². The Labute approximate surface area is 262 Å². The summed E-state index contributed by atoms with van der Waals surface area (Å²) >= 11 is 0. The van der Waals surface area contributed by atoms with Gasteiger partial charge in [-0.3, -0.25) is 9.59 Å². The number of ketones is 1. The summed E-state index contributed by atoms with van der Waals surface area (Å²) < 4.78 is 5.87. The number of Topliss-reactive ketones (excluding diaryl/α,β-unsaturated/α-hetero) is 1. The van der Waals surface area contributed by atoms with E-state index in [4.69, 9.17) is 4.42 Å². The van der Waals surface area contributed by atoms with Crippen molar-refractivity contribution < 1.29 is 45.0 Å². The molecule has 1 aromatic heterocycles. The number of benzene rings is 4. The molecular weight excluding hydrogens is 592 g/mol. The third kappa shape index (κ3) is 5.45. The summed E-state index contributed by atoms with van der Waals surface area (Å²) in [4.78, 5) is 26.7. The van der Waals surface area contributed by atoms with Crippen LogP contribution in [0.15, 0.2) is 93.7 Å². The van der Waals surface area contributed by atoms with E-state index < -0.39 is 40.5 Å². The first-order chi connectivity index (χ1) is 21.9. The molecule has 4 aromatic carbocycles. The summed E-state index contributed by atoms with van der Waals surface area (Å²) in [6, 6.07) is 16.2. The minimum atomic E-state index is -0.709. The zero-order valence-electron chi connectivity index (χ0n) is 24.5. The predicted molar refractivity (Wildman–Crippen MR) is 169 cm³/mol. The van der Waals surface area contributed by atoms with E-state index in [-0.39, 0.29) is 63.0 Å². The van der Waals surface area contributed by atoms with Crippen molar-refractivity contribution in [3.8, 4) is 51.6 Å². The van der Waals surface area contributed by atoms with Crippen LogP contribution in [0.4, 0.5) is 0 Å². The van der Waals surface area contributed by atoms with Crippen LogP contribution >= 0.6 is 0 Å². The molecule has 46 heavy (non-hydrogen) atoms. The zero-order valence-corrected chi connectivity index (χ0v) is 24.5. The molecule has 0 radical (unpaired) electrons. The summed E-state index contributed by atoms with van der Waals surface area (Å²) in [5.74, 6) is -4.26. The SMILES string of the molecule is CC1=CC(c2cc(-c3oc4cc(O)ccc4c(=O)c3O)ccc2O)C(CC(=O)c2ccc(O)cc2O)C(c2ccc(O)cc2O)C1. The van der Waals surface area contributed by atoms with Gasteiger partial charge in [0.2, 0.25) is 11.2 Å². The van der Waals surface area contributed by atoms with Gasteiger partial charge in [0.25, 0.3) is 0 Å². The van der Waals surface area contributed by atoms with Gasteiger partial charge in [-0.2, -0.15) is 0 Å². The van der Waals surface area contributed by atoms with Crippen LogP contribution in [-0.2, 0) is 0 Å². The lowest BCUT2D eigenvalue weighted by Gasteiger charge is -2.38. The molecule has 5 aromatic rings. The molecule has 3 unspecified atom stereocenters. The van der Waals surface area contributed by atoms with Crippen molar-refractivity contribution in [1.29, 1.82) is 0 Å². The lowest BCUT2D eigenvalue weighted by atomic mass is 9.66. The molecule has 3 atom stereocenters. The number of allylic oxidation sites excluding steroid dienone is 2. The molecule has 0 fully saturated rings. The maximum absolute atomic E-state index is 13.7. The molecule has 0 amide bonds. The van der Waals surface area contributed by atoms with E-state index in [2.05, 4.69) is 0 Å². The molecule has 0 saturated carbocycles. The minimum Gasteiger partial charge on any atom is -0.508 e. The molecule has 1 aliphatic carbocycles. The van der Waals surface area contributed by atoms with E-state index in [9.17, 15) is 45.3 Å². The van der Waals surface area contributed by atoms with Crippen molar-refractivity contribution in [1.82, 2.24) is 0 Å². The highest BCUT2D eigenvalue weighted by atomic mass is 16.4. The Hall–Kier alpha value is -5.90. The van der Waals surface area contributed by atoms with Crippen molar-refractivity contribution >= 4 is 16.8 Å². The van der Waals surface area contributed by atoms with Gasteiger partial charge < -0.3 is 40.2 Å². The second kappa shape index (κ2) is 11.6. The standard InChI is InChI=1S/C36H30O10/c1-17-10-25(22-6-3-19(37)13-30(22)41)27(16-32(43)23-7-4-20(38)14-31(23)42)26(11-17)28-12-18(2-9-29(28)40)36-35(45)34(44)24-8-5-21(39)15-33(24)46-36/h2-9,11-15,25-27,37-42,45H,10,16H2,1H3. The average molecular weight is 623 g/mol. The van der Waals surface area contributed by atoms with Crippen molar-refractivity contribution in [2.75, 3.05) is 0 Å². The van der Waals surface area contributed by atoms with Crippen LogP contribution in [0.5, 0.6) is 40.2 Å². The normalized spacial score (nSPS) is 17.9. The highest BCUT2D eigenvalue weighted by Crippen LogP contribution is 2.51. The van der Waals surface area contributed by atoms with Crippen LogP contribution in [-0.4, -0.2) is 41.5 Å². The second-order valence-corrected chi connectivity index (χ2v) is 11.6. The lowest BCUT2D eigenvalue weighted by Crippen LogP contribution is -2.27. The van der Waals surface area contributed by atoms with E-state index in [1.807, 2.05) is 13.0 Å².